The molecule has 6 heteroatoms. The Labute approximate surface area is 139 Å². The number of rotatable bonds is 6. The average molecular weight is 326 g/mol. The Kier molecular flexibility index (Phi) is 4.86. The Bertz CT molecular complexity index is 824. The summed E-state index contributed by atoms with van der Waals surface area (Å²) in [5.74, 6) is 1.38. The first-order valence-corrected chi connectivity index (χ1v) is 7.61. The Morgan fingerprint density at radius 3 is 2.79 bits per heavy atom. The molecule has 0 spiro atoms. The molecule has 0 fully saturated rings. The Morgan fingerprint density at radius 1 is 1.21 bits per heavy atom. The molecule has 1 unspecified atom stereocenters. The summed E-state index contributed by atoms with van der Waals surface area (Å²) in [7, 11) is 1.82. The van der Waals surface area contributed by atoms with Crippen LogP contribution in [0.3, 0.4) is 0 Å². The number of aromatic nitrogens is 2. The van der Waals surface area contributed by atoms with E-state index >= 15 is 0 Å². The van der Waals surface area contributed by atoms with Crippen molar-refractivity contribution in [2.24, 2.45) is 0 Å². The SMILES string of the molecule is CNc1ccc(-c2ccc3cc(OCC(O)C[18F])ccc3n2)cn1. The zero-order valence-corrected chi connectivity index (χ0v) is 13.2. The molecule has 3 aromatic rings. The van der Waals surface area contributed by atoms with Crippen molar-refractivity contribution in [3.63, 3.8) is 0 Å². The highest BCUT2D eigenvalue weighted by atomic mass is 18.2. The van der Waals surface area contributed by atoms with Crippen LogP contribution in [0.5, 0.6) is 5.75 Å². The molecule has 2 aromatic heterocycles. The molecule has 0 bridgehead atoms. The fraction of sp³-hybridized carbons (Fsp3) is 0.222. The van der Waals surface area contributed by atoms with Gasteiger partial charge < -0.3 is 15.2 Å². The van der Waals surface area contributed by atoms with Crippen LogP contribution >= 0.6 is 0 Å². The van der Waals surface area contributed by atoms with Crippen LogP contribution in [0, 0.1) is 0 Å². The number of aliphatic hydroxyl groups excluding tert-OH is 1. The van der Waals surface area contributed by atoms with Crippen molar-refractivity contribution in [1.29, 1.82) is 0 Å². The van der Waals surface area contributed by atoms with Gasteiger partial charge in [-0.3, -0.25) is 0 Å². The van der Waals surface area contributed by atoms with E-state index in [1.54, 1.807) is 12.3 Å². The average Bonchev–Trinajstić information content (AvgIpc) is 2.65. The fourth-order valence-electron chi connectivity index (χ4n) is 2.28. The molecule has 0 saturated heterocycles. The predicted octanol–water partition coefficient (Wildman–Crippen LogP) is 3.05. The van der Waals surface area contributed by atoms with Gasteiger partial charge in [-0.25, -0.2) is 14.4 Å². The van der Waals surface area contributed by atoms with Gasteiger partial charge in [-0.15, -0.1) is 0 Å². The Morgan fingerprint density at radius 2 is 2.08 bits per heavy atom. The number of nitrogens with one attached hydrogen (secondary N) is 1. The van der Waals surface area contributed by atoms with Gasteiger partial charge in [0.2, 0.25) is 0 Å². The molecule has 24 heavy (non-hydrogen) atoms. The van der Waals surface area contributed by atoms with Gasteiger partial charge in [-0.1, -0.05) is 6.07 Å². The predicted molar refractivity (Wildman–Crippen MR) is 92.0 cm³/mol. The fourth-order valence-corrected chi connectivity index (χ4v) is 2.28. The highest BCUT2D eigenvalue weighted by Gasteiger charge is 2.06. The summed E-state index contributed by atoms with van der Waals surface area (Å²) >= 11 is 0. The van der Waals surface area contributed by atoms with Crippen molar-refractivity contribution >= 4 is 16.7 Å². The molecule has 0 saturated carbocycles. The maximum Gasteiger partial charge on any atom is 0.125 e. The van der Waals surface area contributed by atoms with E-state index in [1.807, 2.05) is 43.4 Å². The van der Waals surface area contributed by atoms with Gasteiger partial charge >= 0.3 is 0 Å². The van der Waals surface area contributed by atoms with E-state index in [4.69, 9.17) is 4.74 Å². The number of hydrogen-bond acceptors (Lipinski definition) is 5. The van der Waals surface area contributed by atoms with E-state index in [9.17, 15) is 9.50 Å². The number of anilines is 1. The third-order valence-corrected chi connectivity index (χ3v) is 3.60. The third kappa shape index (κ3) is 3.60. The molecule has 1 aromatic carbocycles. The smallest absolute Gasteiger partial charge is 0.125 e. The van der Waals surface area contributed by atoms with Crippen LogP contribution in [-0.2, 0) is 0 Å². The summed E-state index contributed by atoms with van der Waals surface area (Å²) < 4.78 is 17.6. The normalized spacial score (nSPS) is 12.1. The van der Waals surface area contributed by atoms with Gasteiger partial charge in [-0.2, -0.15) is 0 Å². The molecule has 0 aliphatic heterocycles. The van der Waals surface area contributed by atoms with Crippen molar-refractivity contribution in [3.05, 3.63) is 48.7 Å². The number of hydrogen-bond donors (Lipinski definition) is 2. The van der Waals surface area contributed by atoms with Gasteiger partial charge in [0.1, 0.15) is 31.0 Å². The maximum absolute atomic E-state index is 12.2. The summed E-state index contributed by atoms with van der Waals surface area (Å²) in [6.45, 7) is -0.893. The van der Waals surface area contributed by atoms with Gasteiger partial charge in [0.05, 0.1) is 11.2 Å². The second kappa shape index (κ2) is 7.23. The number of aliphatic hydroxyl groups is 1. The minimum Gasteiger partial charge on any atom is -0.491 e. The number of benzene rings is 1. The number of ether oxygens (including phenoxy) is 1. The number of fused-ring (bicyclic) bond motifs is 1. The molecule has 1 atom stereocenters. The molecule has 3 rings (SSSR count). The van der Waals surface area contributed by atoms with Gasteiger partial charge in [0.15, 0.2) is 0 Å². The van der Waals surface area contributed by atoms with Crippen LogP contribution in [0.4, 0.5) is 10.2 Å². The zero-order chi connectivity index (χ0) is 16.9. The lowest BCUT2D eigenvalue weighted by Crippen LogP contribution is -2.19. The van der Waals surface area contributed by atoms with Crippen molar-refractivity contribution < 1.29 is 14.2 Å². The van der Waals surface area contributed by atoms with Crippen molar-refractivity contribution in [2.45, 2.75) is 6.10 Å². The zero-order valence-electron chi connectivity index (χ0n) is 13.2. The molecule has 0 aliphatic carbocycles. The second-order valence-electron chi connectivity index (χ2n) is 5.35. The summed E-state index contributed by atoms with van der Waals surface area (Å²) in [4.78, 5) is 8.92. The lowest BCUT2D eigenvalue weighted by molar-refractivity contribution is 0.0842. The van der Waals surface area contributed by atoms with Crippen molar-refractivity contribution in [2.75, 3.05) is 25.6 Å². The number of alkyl halides is 1. The van der Waals surface area contributed by atoms with Crippen LogP contribution in [0.25, 0.3) is 22.2 Å². The number of pyridine rings is 2. The van der Waals surface area contributed by atoms with E-state index in [2.05, 4.69) is 15.3 Å². The van der Waals surface area contributed by atoms with E-state index in [0.29, 0.717) is 5.75 Å². The largest absolute Gasteiger partial charge is 0.491 e. The molecule has 124 valence electrons. The van der Waals surface area contributed by atoms with Crippen LogP contribution in [0.2, 0.25) is 0 Å². The first-order chi connectivity index (χ1) is 11.7. The lowest BCUT2D eigenvalue weighted by atomic mass is 10.1. The van der Waals surface area contributed by atoms with Crippen LogP contribution in [-0.4, -0.2) is 41.5 Å². The molecule has 5 nitrogen and oxygen atoms in total. The molecule has 2 heterocycles. The maximum atomic E-state index is 12.2. The third-order valence-electron chi connectivity index (χ3n) is 3.60. The minimum atomic E-state index is -1.10. The quantitative estimate of drug-likeness (QED) is 0.729. The van der Waals surface area contributed by atoms with Crippen LogP contribution in [0.1, 0.15) is 0 Å². The summed E-state index contributed by atoms with van der Waals surface area (Å²) in [6, 6.07) is 13.1. The van der Waals surface area contributed by atoms with E-state index in [0.717, 1.165) is 28.0 Å². The first-order valence-electron chi connectivity index (χ1n) is 7.61. The van der Waals surface area contributed by atoms with Gasteiger partial charge in [0, 0.05) is 24.2 Å². The molecule has 2 N–H and O–H groups in total. The summed E-state index contributed by atoms with van der Waals surface area (Å²) in [6.07, 6.45) is 0.671. The number of halogens is 1. The second-order valence-corrected chi connectivity index (χ2v) is 5.35. The van der Waals surface area contributed by atoms with Gasteiger partial charge in [-0.05, 0) is 36.4 Å². The highest BCUT2D eigenvalue weighted by molar-refractivity contribution is 5.82. The van der Waals surface area contributed by atoms with Crippen molar-refractivity contribution in [3.8, 4) is 17.0 Å². The van der Waals surface area contributed by atoms with Crippen LogP contribution in [0.15, 0.2) is 48.7 Å². The number of nitrogens with zero attached hydrogens (tertiary/aromatic N) is 2. The van der Waals surface area contributed by atoms with Gasteiger partial charge in [0.25, 0.3) is 0 Å². The molecule has 0 radical (unpaired) electrons. The molecular weight excluding hydrogens is 308 g/mol. The van der Waals surface area contributed by atoms with E-state index < -0.39 is 12.8 Å². The van der Waals surface area contributed by atoms with E-state index in [-0.39, 0.29) is 6.61 Å². The topological polar surface area (TPSA) is 67.3 Å². The monoisotopic (exact) mass is 326 g/mol. The molecular formula is C18H18FN3O2. The standard InChI is InChI=1S/C18H18FN3O2/c1-20-18-7-3-13(10-21-18)17-5-2-12-8-15(4-6-16(12)22-17)24-11-14(23)9-19/h2-8,10,14,23H,9,11H2,1H3,(H,20,21)/i19-1. The minimum absolute atomic E-state index is 0.0724. The summed E-state index contributed by atoms with van der Waals surface area (Å²) in [5, 5.41) is 13.1. The van der Waals surface area contributed by atoms with Crippen molar-refractivity contribution in [1.82, 2.24) is 9.97 Å². The highest BCUT2D eigenvalue weighted by Crippen LogP contribution is 2.24. The molecule has 0 amide bonds. The first kappa shape index (κ1) is 16.1. The van der Waals surface area contributed by atoms with E-state index in [1.165, 1.54) is 0 Å². The Balaban J connectivity index is 1.83. The molecule has 0 aliphatic rings. The summed E-state index contributed by atoms with van der Waals surface area (Å²) in [5.41, 5.74) is 2.59. The Hall–Kier alpha value is -2.73. The van der Waals surface area contributed by atoms with Crippen LogP contribution < -0.4 is 10.1 Å². The lowest BCUT2D eigenvalue weighted by Gasteiger charge is -2.10.